The molecule has 0 bridgehead atoms. The first-order chi connectivity index (χ1) is 13.5. The summed E-state index contributed by atoms with van der Waals surface area (Å²) in [5.41, 5.74) is 1.41. The van der Waals surface area contributed by atoms with Crippen LogP contribution in [-0.4, -0.2) is 31.4 Å². The molecule has 0 unspecified atom stereocenters. The average molecular weight is 385 g/mol. The van der Waals surface area contributed by atoms with Gasteiger partial charge in [-0.25, -0.2) is 4.79 Å². The molecule has 3 aliphatic rings. The molecule has 1 aromatic carbocycles. The average Bonchev–Trinajstić information content (AvgIpc) is 3.28. The highest BCUT2D eigenvalue weighted by atomic mass is 16.7. The molecule has 2 heterocycles. The molecule has 1 saturated heterocycles. The molecule has 0 radical (unpaired) electrons. The van der Waals surface area contributed by atoms with Crippen LogP contribution in [0.2, 0.25) is 0 Å². The zero-order chi connectivity index (χ0) is 19.7. The number of carbonyl (C=O) groups excluding carboxylic acids is 1. The smallest absolute Gasteiger partial charge is 0.448 e. The highest BCUT2D eigenvalue weighted by Crippen LogP contribution is 2.47. The zero-order valence-corrected chi connectivity index (χ0v) is 16.1. The van der Waals surface area contributed by atoms with Gasteiger partial charge in [-0.15, -0.1) is 5.06 Å². The van der Waals surface area contributed by atoms with Gasteiger partial charge in [-0.2, -0.15) is 0 Å². The molecule has 0 saturated carbocycles. The lowest BCUT2D eigenvalue weighted by molar-refractivity contribution is -0.0902. The maximum Gasteiger partial charge on any atom is 0.448 e. The molecule has 0 aromatic heterocycles. The number of nitrogens with zero attached hydrogens (tertiary/aromatic N) is 1. The van der Waals surface area contributed by atoms with Crippen molar-refractivity contribution in [3.8, 4) is 5.75 Å². The van der Waals surface area contributed by atoms with E-state index in [9.17, 15) is 4.79 Å². The van der Waals surface area contributed by atoms with E-state index in [1.807, 2.05) is 38.1 Å². The Labute approximate surface area is 163 Å². The minimum Gasteiger partial charge on any atom is -0.461 e. The van der Waals surface area contributed by atoms with Crippen molar-refractivity contribution in [2.45, 2.75) is 26.6 Å². The lowest BCUT2D eigenvalue weighted by atomic mass is 9.90. The Hall–Kier alpha value is -2.77. The van der Waals surface area contributed by atoms with Crippen LogP contribution in [0.5, 0.6) is 5.75 Å². The Morgan fingerprint density at radius 1 is 1.21 bits per heavy atom. The van der Waals surface area contributed by atoms with Crippen molar-refractivity contribution >= 4 is 6.09 Å². The predicted molar refractivity (Wildman–Crippen MR) is 99.7 cm³/mol. The molecule has 2 aliphatic heterocycles. The molecule has 0 N–H and O–H groups in total. The van der Waals surface area contributed by atoms with Crippen LogP contribution in [0.1, 0.15) is 32.1 Å². The number of allylic oxidation sites excluding steroid dienone is 4. The third-order valence-electron chi connectivity index (χ3n) is 4.78. The molecule has 7 heteroatoms. The largest absolute Gasteiger partial charge is 0.461 e. The number of fused-ring (bicyclic) bond motifs is 1. The van der Waals surface area contributed by atoms with E-state index in [2.05, 4.69) is 0 Å². The molecule has 28 heavy (non-hydrogen) atoms. The van der Waals surface area contributed by atoms with Crippen LogP contribution in [0.15, 0.2) is 59.8 Å². The van der Waals surface area contributed by atoms with Gasteiger partial charge < -0.3 is 23.8 Å². The summed E-state index contributed by atoms with van der Waals surface area (Å²) in [5, 5.41) is 1.07. The first-order valence-electron chi connectivity index (χ1n) is 9.19. The highest BCUT2D eigenvalue weighted by molar-refractivity contribution is 5.70. The highest BCUT2D eigenvalue weighted by Gasteiger charge is 2.41. The standard InChI is InChI=1S/C21H23NO6/c1-21(2)13-14-7-6-10-24-17(14)18(21)28-22(3)20(23)27-16-9-5-4-8-15(16)19-25-11-12-26-19/h4-10,19H,11-13H2,1-3H3. The quantitative estimate of drug-likeness (QED) is 0.724. The summed E-state index contributed by atoms with van der Waals surface area (Å²) in [4.78, 5) is 18.5. The third kappa shape index (κ3) is 3.50. The molecule has 1 aliphatic carbocycles. The predicted octanol–water partition coefficient (Wildman–Crippen LogP) is 4.21. The van der Waals surface area contributed by atoms with Crippen LogP contribution in [0, 0.1) is 5.41 Å². The van der Waals surface area contributed by atoms with Crippen molar-refractivity contribution in [2.75, 3.05) is 20.3 Å². The third-order valence-corrected chi connectivity index (χ3v) is 4.78. The van der Waals surface area contributed by atoms with E-state index < -0.39 is 12.4 Å². The number of carbonyl (C=O) groups is 1. The Kier molecular flexibility index (Phi) is 4.87. The lowest BCUT2D eigenvalue weighted by Crippen LogP contribution is -2.32. The van der Waals surface area contributed by atoms with E-state index in [1.54, 1.807) is 18.4 Å². The van der Waals surface area contributed by atoms with Gasteiger partial charge in [0.25, 0.3) is 0 Å². The van der Waals surface area contributed by atoms with Crippen molar-refractivity contribution in [3.05, 3.63) is 65.3 Å². The number of benzene rings is 1. The molecular weight excluding hydrogens is 362 g/mol. The summed E-state index contributed by atoms with van der Waals surface area (Å²) in [6.45, 7) is 5.10. The number of rotatable bonds is 4. The first-order valence-corrected chi connectivity index (χ1v) is 9.19. The van der Waals surface area contributed by atoms with Gasteiger partial charge in [0.05, 0.1) is 32.1 Å². The van der Waals surface area contributed by atoms with Gasteiger partial charge in [0, 0.05) is 5.41 Å². The van der Waals surface area contributed by atoms with Crippen LogP contribution in [0.4, 0.5) is 4.79 Å². The molecule has 0 atom stereocenters. The molecule has 0 spiro atoms. The van der Waals surface area contributed by atoms with Gasteiger partial charge >= 0.3 is 6.09 Å². The number of hydrogen-bond donors (Lipinski definition) is 0. The Morgan fingerprint density at radius 2 is 1.96 bits per heavy atom. The summed E-state index contributed by atoms with van der Waals surface area (Å²) in [6, 6.07) is 7.13. The molecule has 4 rings (SSSR count). The first kappa shape index (κ1) is 18.6. The molecular formula is C21H23NO6. The van der Waals surface area contributed by atoms with Gasteiger partial charge in [-0.05, 0) is 24.1 Å². The summed E-state index contributed by atoms with van der Waals surface area (Å²) in [5.74, 6) is 1.62. The molecule has 7 nitrogen and oxygen atoms in total. The Bertz CT molecular complexity index is 863. The van der Waals surface area contributed by atoms with E-state index in [-0.39, 0.29) is 5.41 Å². The second kappa shape index (κ2) is 7.33. The number of para-hydroxylation sites is 1. The van der Waals surface area contributed by atoms with Crippen LogP contribution >= 0.6 is 0 Å². The maximum absolute atomic E-state index is 12.6. The van der Waals surface area contributed by atoms with Crippen molar-refractivity contribution in [1.29, 1.82) is 0 Å². The van der Waals surface area contributed by atoms with Crippen LogP contribution in [-0.2, 0) is 19.0 Å². The van der Waals surface area contributed by atoms with Gasteiger partial charge in [-0.3, -0.25) is 0 Å². The van der Waals surface area contributed by atoms with Crippen molar-refractivity contribution in [1.82, 2.24) is 5.06 Å². The minimum absolute atomic E-state index is 0.300. The Balaban J connectivity index is 1.49. The number of ether oxygens (including phenoxy) is 4. The fourth-order valence-electron chi connectivity index (χ4n) is 3.42. The number of amides is 1. The number of hydrogen-bond acceptors (Lipinski definition) is 6. The second-order valence-electron chi connectivity index (χ2n) is 7.43. The monoisotopic (exact) mass is 385 g/mol. The van der Waals surface area contributed by atoms with E-state index in [1.165, 1.54) is 7.05 Å². The van der Waals surface area contributed by atoms with E-state index in [0.29, 0.717) is 36.0 Å². The fourth-order valence-corrected chi connectivity index (χ4v) is 3.42. The van der Waals surface area contributed by atoms with Gasteiger partial charge in [0.15, 0.2) is 17.8 Å². The van der Waals surface area contributed by atoms with E-state index in [0.717, 1.165) is 17.1 Å². The minimum atomic E-state index is -0.655. The zero-order valence-electron chi connectivity index (χ0n) is 16.1. The fraction of sp³-hybridized carbons (Fsp3) is 0.381. The normalized spacial score (nSPS) is 20.5. The molecule has 1 fully saturated rings. The lowest BCUT2D eigenvalue weighted by Gasteiger charge is -2.26. The van der Waals surface area contributed by atoms with Crippen LogP contribution in [0.3, 0.4) is 0 Å². The summed E-state index contributed by atoms with van der Waals surface area (Å²) in [6.07, 6.45) is 5.01. The maximum atomic E-state index is 12.6. The Morgan fingerprint density at radius 3 is 2.75 bits per heavy atom. The van der Waals surface area contributed by atoms with Gasteiger partial charge in [0.1, 0.15) is 5.75 Å². The van der Waals surface area contributed by atoms with Crippen molar-refractivity contribution < 1.29 is 28.6 Å². The summed E-state index contributed by atoms with van der Waals surface area (Å²) in [7, 11) is 1.51. The van der Waals surface area contributed by atoms with Crippen molar-refractivity contribution in [3.63, 3.8) is 0 Å². The van der Waals surface area contributed by atoms with Crippen LogP contribution in [0.25, 0.3) is 0 Å². The number of hydroxylamine groups is 2. The van der Waals surface area contributed by atoms with Crippen LogP contribution < -0.4 is 4.74 Å². The second-order valence-corrected chi connectivity index (χ2v) is 7.43. The summed E-state index contributed by atoms with van der Waals surface area (Å²) >= 11 is 0. The molecule has 1 amide bonds. The summed E-state index contributed by atoms with van der Waals surface area (Å²) < 4.78 is 22.2. The van der Waals surface area contributed by atoms with E-state index in [4.69, 9.17) is 23.8 Å². The topological polar surface area (TPSA) is 66.5 Å². The van der Waals surface area contributed by atoms with Crippen molar-refractivity contribution in [2.24, 2.45) is 5.41 Å². The van der Waals surface area contributed by atoms with Gasteiger partial charge in [0.2, 0.25) is 0 Å². The SMILES string of the molecule is CN(OC1=C2OC=CC=C2CC1(C)C)C(=O)Oc1ccccc1C1OCCO1. The molecule has 148 valence electrons. The van der Waals surface area contributed by atoms with E-state index >= 15 is 0 Å². The van der Waals surface area contributed by atoms with Gasteiger partial charge in [-0.1, -0.05) is 38.1 Å². The molecule has 1 aromatic rings.